The lowest BCUT2D eigenvalue weighted by Gasteiger charge is -2.31. The van der Waals surface area contributed by atoms with Crippen LogP contribution in [0.25, 0.3) is 0 Å². The van der Waals surface area contributed by atoms with Crippen molar-refractivity contribution in [1.29, 1.82) is 5.26 Å². The number of amides is 2. The predicted molar refractivity (Wildman–Crippen MR) is 80.2 cm³/mol. The first kappa shape index (κ1) is 17.9. The Morgan fingerprint density at radius 1 is 1.33 bits per heavy atom. The molecule has 1 heterocycles. The molecule has 2 rings (SSSR count). The highest BCUT2D eigenvalue weighted by atomic mass is 19.4. The molecule has 1 saturated heterocycles. The quantitative estimate of drug-likeness (QED) is 0.918. The third kappa shape index (κ3) is 4.31. The smallest absolute Gasteiger partial charge is 0.412 e. The van der Waals surface area contributed by atoms with E-state index >= 15 is 0 Å². The molecule has 8 heteroatoms. The van der Waals surface area contributed by atoms with Crippen LogP contribution in [-0.2, 0) is 0 Å². The van der Waals surface area contributed by atoms with Gasteiger partial charge in [-0.2, -0.15) is 18.4 Å². The molecule has 2 amide bonds. The monoisotopic (exact) mass is 341 g/mol. The Morgan fingerprint density at radius 2 is 1.92 bits per heavy atom. The lowest BCUT2D eigenvalue weighted by Crippen LogP contribution is -2.48. The van der Waals surface area contributed by atoms with Crippen LogP contribution in [0.2, 0.25) is 0 Å². The van der Waals surface area contributed by atoms with Gasteiger partial charge >= 0.3 is 12.2 Å². The highest BCUT2D eigenvalue weighted by Gasteiger charge is 2.42. The normalized spacial score (nSPS) is 17.0. The maximum atomic E-state index is 13.3. The number of benzene rings is 1. The minimum absolute atomic E-state index is 0.0661. The molecule has 1 aliphatic rings. The Morgan fingerprint density at radius 3 is 2.38 bits per heavy atom. The molecule has 1 N–H and O–H groups in total. The average Bonchev–Trinajstić information content (AvgIpc) is 2.58. The molecular formula is C16H18F3N3O2. The molecule has 0 unspecified atom stereocenters. The second kappa shape index (κ2) is 7.43. The van der Waals surface area contributed by atoms with Crippen LogP contribution in [0.5, 0.6) is 5.75 Å². The van der Waals surface area contributed by atoms with Crippen LogP contribution < -0.4 is 10.1 Å². The van der Waals surface area contributed by atoms with Gasteiger partial charge in [-0.1, -0.05) is 12.1 Å². The molecule has 1 aromatic rings. The molecule has 5 nitrogen and oxygen atoms in total. The van der Waals surface area contributed by atoms with E-state index in [-0.39, 0.29) is 24.6 Å². The zero-order valence-corrected chi connectivity index (χ0v) is 13.1. The number of hydrogen-bond donors (Lipinski definition) is 1. The van der Waals surface area contributed by atoms with Crippen LogP contribution in [0, 0.1) is 17.2 Å². The van der Waals surface area contributed by atoms with Crippen LogP contribution >= 0.6 is 0 Å². The molecule has 1 fully saturated rings. The van der Waals surface area contributed by atoms with Crippen molar-refractivity contribution in [3.05, 3.63) is 29.8 Å². The lowest BCUT2D eigenvalue weighted by molar-refractivity contribution is -0.155. The summed E-state index contributed by atoms with van der Waals surface area (Å²) < 4.78 is 44.9. The summed E-state index contributed by atoms with van der Waals surface area (Å²) in [6.07, 6.45) is -3.67. The maximum absolute atomic E-state index is 13.3. The molecule has 1 aromatic carbocycles. The number of urea groups is 1. The molecule has 24 heavy (non-hydrogen) atoms. The minimum Gasteiger partial charge on any atom is -0.497 e. The molecule has 0 saturated carbocycles. The number of alkyl halides is 3. The number of rotatable bonds is 3. The second-order valence-corrected chi connectivity index (χ2v) is 5.59. The van der Waals surface area contributed by atoms with E-state index in [4.69, 9.17) is 10.00 Å². The topological polar surface area (TPSA) is 65.4 Å². The number of hydrogen-bond acceptors (Lipinski definition) is 3. The number of methoxy groups -OCH3 is 1. The number of carbonyl (C=O) groups is 1. The number of likely N-dealkylation sites (tertiary alicyclic amines) is 1. The van der Waals surface area contributed by atoms with E-state index < -0.39 is 18.2 Å². The van der Waals surface area contributed by atoms with Crippen molar-refractivity contribution < 1.29 is 22.7 Å². The van der Waals surface area contributed by atoms with E-state index in [1.807, 2.05) is 0 Å². The van der Waals surface area contributed by atoms with Crippen LogP contribution in [0.3, 0.4) is 0 Å². The van der Waals surface area contributed by atoms with Crippen LogP contribution in [-0.4, -0.2) is 37.3 Å². The van der Waals surface area contributed by atoms with Gasteiger partial charge in [-0.3, -0.25) is 0 Å². The molecule has 130 valence electrons. The summed E-state index contributed by atoms with van der Waals surface area (Å²) in [4.78, 5) is 13.5. The Labute approximate surface area is 138 Å². The molecular weight excluding hydrogens is 323 g/mol. The number of carbonyl (C=O) groups excluding carboxylic acids is 1. The fourth-order valence-corrected chi connectivity index (χ4v) is 2.58. The van der Waals surface area contributed by atoms with Crippen molar-refractivity contribution in [3.63, 3.8) is 0 Å². The van der Waals surface area contributed by atoms with Crippen molar-refractivity contribution in [2.75, 3.05) is 20.2 Å². The van der Waals surface area contributed by atoms with Gasteiger partial charge in [0.25, 0.3) is 0 Å². The van der Waals surface area contributed by atoms with Gasteiger partial charge in [0.2, 0.25) is 0 Å². The van der Waals surface area contributed by atoms with Crippen molar-refractivity contribution in [3.8, 4) is 11.8 Å². The fraction of sp³-hybridized carbons (Fsp3) is 0.500. The summed E-state index contributed by atoms with van der Waals surface area (Å²) >= 11 is 0. The standard InChI is InChI=1S/C16H18F3N3O2/c1-24-13-4-2-12(3-5-13)14(16(17,18)19)21-15(23)22-8-6-11(10-20)7-9-22/h2-5,11,14H,6-9H2,1H3,(H,21,23)/t14-/m0/s1. The van der Waals surface area contributed by atoms with Gasteiger partial charge in [-0.25, -0.2) is 4.79 Å². The number of ether oxygens (including phenoxy) is 1. The van der Waals surface area contributed by atoms with Gasteiger partial charge in [-0.15, -0.1) is 0 Å². The number of nitrogens with zero attached hydrogens (tertiary/aromatic N) is 2. The zero-order valence-electron chi connectivity index (χ0n) is 13.1. The summed E-state index contributed by atoms with van der Waals surface area (Å²) in [7, 11) is 1.42. The first-order chi connectivity index (χ1) is 11.3. The first-order valence-electron chi connectivity index (χ1n) is 7.51. The van der Waals surface area contributed by atoms with Crippen molar-refractivity contribution in [1.82, 2.24) is 10.2 Å². The number of piperidine rings is 1. The highest BCUT2D eigenvalue weighted by Crippen LogP contribution is 2.33. The summed E-state index contributed by atoms with van der Waals surface area (Å²) in [6.45, 7) is 0.550. The molecule has 0 radical (unpaired) electrons. The summed E-state index contributed by atoms with van der Waals surface area (Å²) in [6, 6.07) is 4.63. The average molecular weight is 341 g/mol. The van der Waals surface area contributed by atoms with E-state index in [2.05, 4.69) is 11.4 Å². The molecule has 1 atom stereocenters. The van der Waals surface area contributed by atoms with Crippen LogP contribution in [0.4, 0.5) is 18.0 Å². The molecule has 0 aromatic heterocycles. The van der Waals surface area contributed by atoms with E-state index in [1.165, 1.54) is 36.3 Å². The summed E-state index contributed by atoms with van der Waals surface area (Å²) in [5.74, 6) is 0.290. The molecule has 0 aliphatic carbocycles. The Hall–Kier alpha value is -2.43. The number of halogens is 3. The van der Waals surface area contributed by atoms with Crippen molar-refractivity contribution in [2.45, 2.75) is 25.1 Å². The summed E-state index contributed by atoms with van der Waals surface area (Å²) in [5, 5.41) is 10.9. The van der Waals surface area contributed by atoms with E-state index in [0.717, 1.165) is 0 Å². The molecule has 1 aliphatic heterocycles. The largest absolute Gasteiger partial charge is 0.497 e. The third-order valence-electron chi connectivity index (χ3n) is 4.01. The maximum Gasteiger partial charge on any atom is 0.412 e. The van der Waals surface area contributed by atoms with Crippen LogP contribution in [0.15, 0.2) is 24.3 Å². The second-order valence-electron chi connectivity index (χ2n) is 5.59. The lowest BCUT2D eigenvalue weighted by atomic mass is 9.99. The van der Waals surface area contributed by atoms with E-state index in [9.17, 15) is 18.0 Å². The van der Waals surface area contributed by atoms with Gasteiger partial charge in [0.1, 0.15) is 5.75 Å². The minimum atomic E-state index is -4.62. The predicted octanol–water partition coefficient (Wildman–Crippen LogP) is 3.24. The fourth-order valence-electron chi connectivity index (χ4n) is 2.58. The van der Waals surface area contributed by atoms with Crippen molar-refractivity contribution in [2.24, 2.45) is 5.92 Å². The summed E-state index contributed by atoms with van der Waals surface area (Å²) in [5.41, 5.74) is -0.0661. The number of nitriles is 1. The van der Waals surface area contributed by atoms with Crippen molar-refractivity contribution >= 4 is 6.03 Å². The van der Waals surface area contributed by atoms with Gasteiger partial charge in [0, 0.05) is 19.0 Å². The highest BCUT2D eigenvalue weighted by molar-refractivity contribution is 5.75. The Balaban J connectivity index is 2.09. The van der Waals surface area contributed by atoms with Gasteiger partial charge in [-0.05, 0) is 30.5 Å². The van der Waals surface area contributed by atoms with E-state index in [1.54, 1.807) is 0 Å². The first-order valence-corrected chi connectivity index (χ1v) is 7.51. The Bertz CT molecular complexity index is 602. The van der Waals surface area contributed by atoms with Crippen LogP contribution in [0.1, 0.15) is 24.4 Å². The molecule has 0 spiro atoms. The van der Waals surface area contributed by atoms with Gasteiger partial charge < -0.3 is 15.0 Å². The third-order valence-corrected chi connectivity index (χ3v) is 4.01. The Kier molecular flexibility index (Phi) is 5.54. The zero-order chi connectivity index (χ0) is 17.7. The molecule has 0 bridgehead atoms. The van der Waals surface area contributed by atoms with Gasteiger partial charge in [0.15, 0.2) is 6.04 Å². The van der Waals surface area contributed by atoms with Gasteiger partial charge in [0.05, 0.1) is 13.2 Å². The SMILES string of the molecule is COc1ccc([C@H](NC(=O)N2CCC(C#N)CC2)C(F)(F)F)cc1. The number of nitrogens with one attached hydrogen (secondary N) is 1. The van der Waals surface area contributed by atoms with E-state index in [0.29, 0.717) is 18.6 Å².